The second kappa shape index (κ2) is 5.58. The van der Waals surface area contributed by atoms with E-state index in [9.17, 15) is 4.39 Å². The predicted octanol–water partition coefficient (Wildman–Crippen LogP) is 3.09. The van der Waals surface area contributed by atoms with Gasteiger partial charge in [0.2, 0.25) is 11.7 Å². The molecule has 0 fully saturated rings. The lowest BCUT2D eigenvalue weighted by molar-refractivity contribution is 0.351. The highest BCUT2D eigenvalue weighted by Gasteiger charge is 2.18. The highest BCUT2D eigenvalue weighted by atomic mass is 79.9. The maximum Gasteiger partial charge on any atom is 0.231 e. The largest absolute Gasteiger partial charge is 0.339 e. The van der Waals surface area contributed by atoms with E-state index >= 15 is 0 Å². The Morgan fingerprint density at radius 2 is 2.28 bits per heavy atom. The van der Waals surface area contributed by atoms with Gasteiger partial charge < -0.3 is 10.3 Å². The molecule has 0 aliphatic rings. The SMILES string of the molecule is CCC(CN)c1nc(-c2cc(F)ccc2Br)no1. The zero-order chi connectivity index (χ0) is 13.1. The van der Waals surface area contributed by atoms with Crippen molar-refractivity contribution in [3.05, 3.63) is 34.4 Å². The summed E-state index contributed by atoms with van der Waals surface area (Å²) in [7, 11) is 0. The van der Waals surface area contributed by atoms with Crippen LogP contribution >= 0.6 is 15.9 Å². The molecule has 0 spiro atoms. The van der Waals surface area contributed by atoms with Gasteiger partial charge in [-0.1, -0.05) is 28.0 Å². The number of benzene rings is 1. The topological polar surface area (TPSA) is 64.9 Å². The van der Waals surface area contributed by atoms with Crippen LogP contribution in [0.3, 0.4) is 0 Å². The van der Waals surface area contributed by atoms with E-state index in [0.717, 1.165) is 10.9 Å². The summed E-state index contributed by atoms with van der Waals surface area (Å²) in [6.45, 7) is 2.45. The second-order valence-electron chi connectivity index (χ2n) is 3.92. The van der Waals surface area contributed by atoms with E-state index in [1.165, 1.54) is 12.1 Å². The van der Waals surface area contributed by atoms with Crippen molar-refractivity contribution in [3.8, 4) is 11.4 Å². The van der Waals surface area contributed by atoms with Crippen LogP contribution < -0.4 is 5.73 Å². The van der Waals surface area contributed by atoms with Crippen LogP contribution in [-0.4, -0.2) is 16.7 Å². The van der Waals surface area contributed by atoms with Gasteiger partial charge >= 0.3 is 0 Å². The molecule has 2 rings (SSSR count). The van der Waals surface area contributed by atoms with Crippen LogP contribution in [0.25, 0.3) is 11.4 Å². The monoisotopic (exact) mass is 313 g/mol. The number of nitrogens with two attached hydrogens (primary N) is 1. The third-order valence-electron chi connectivity index (χ3n) is 2.74. The summed E-state index contributed by atoms with van der Waals surface area (Å²) in [4.78, 5) is 4.27. The quantitative estimate of drug-likeness (QED) is 0.942. The Morgan fingerprint density at radius 3 is 2.94 bits per heavy atom. The molecule has 1 heterocycles. The fraction of sp³-hybridized carbons (Fsp3) is 0.333. The number of halogens is 2. The first-order chi connectivity index (χ1) is 8.65. The van der Waals surface area contributed by atoms with Gasteiger partial charge in [0.05, 0.1) is 5.92 Å². The zero-order valence-corrected chi connectivity index (χ0v) is 11.4. The zero-order valence-electron chi connectivity index (χ0n) is 9.86. The molecule has 4 nitrogen and oxygen atoms in total. The molecule has 0 amide bonds. The molecular formula is C12H13BrFN3O. The van der Waals surface area contributed by atoms with Crippen LogP contribution in [0.2, 0.25) is 0 Å². The van der Waals surface area contributed by atoms with Gasteiger partial charge in [-0.25, -0.2) is 4.39 Å². The number of aromatic nitrogens is 2. The minimum atomic E-state index is -0.342. The average Bonchev–Trinajstić information content (AvgIpc) is 2.83. The van der Waals surface area contributed by atoms with E-state index in [0.29, 0.717) is 23.8 Å². The third kappa shape index (κ3) is 2.59. The summed E-state index contributed by atoms with van der Waals surface area (Å²) in [5.74, 6) is 0.554. The molecule has 0 saturated heterocycles. The van der Waals surface area contributed by atoms with Gasteiger partial charge in [0.15, 0.2) is 0 Å². The van der Waals surface area contributed by atoms with Crippen LogP contribution in [0.5, 0.6) is 0 Å². The molecule has 2 N–H and O–H groups in total. The Balaban J connectivity index is 2.37. The van der Waals surface area contributed by atoms with Crippen molar-refractivity contribution in [3.63, 3.8) is 0 Å². The molecule has 0 radical (unpaired) electrons. The summed E-state index contributed by atoms with van der Waals surface area (Å²) < 4.78 is 19.1. The van der Waals surface area contributed by atoms with Crippen LogP contribution in [0.1, 0.15) is 25.2 Å². The Labute approximate surface area is 113 Å². The lowest BCUT2D eigenvalue weighted by Gasteiger charge is -2.04. The van der Waals surface area contributed by atoms with Crippen LogP contribution in [0.15, 0.2) is 27.2 Å². The first kappa shape index (κ1) is 13.2. The van der Waals surface area contributed by atoms with Crippen molar-refractivity contribution in [1.82, 2.24) is 10.1 Å². The summed E-state index contributed by atoms with van der Waals surface area (Å²) in [6.07, 6.45) is 0.822. The molecule has 96 valence electrons. The lowest BCUT2D eigenvalue weighted by Crippen LogP contribution is -2.11. The van der Waals surface area contributed by atoms with Crippen molar-refractivity contribution in [2.45, 2.75) is 19.3 Å². The first-order valence-corrected chi connectivity index (χ1v) is 6.44. The summed E-state index contributed by atoms with van der Waals surface area (Å²) in [5.41, 5.74) is 6.19. The molecule has 18 heavy (non-hydrogen) atoms. The van der Waals surface area contributed by atoms with Crippen molar-refractivity contribution < 1.29 is 8.91 Å². The van der Waals surface area contributed by atoms with Gasteiger partial charge in [-0.3, -0.25) is 0 Å². The predicted molar refractivity (Wildman–Crippen MR) is 69.5 cm³/mol. The molecule has 2 aromatic rings. The van der Waals surface area contributed by atoms with Gasteiger partial charge in [-0.15, -0.1) is 0 Å². The number of hydrogen-bond acceptors (Lipinski definition) is 4. The fourth-order valence-electron chi connectivity index (χ4n) is 1.62. The Bertz CT molecular complexity index is 540. The first-order valence-electron chi connectivity index (χ1n) is 5.64. The number of hydrogen-bond donors (Lipinski definition) is 1. The molecule has 0 saturated carbocycles. The lowest BCUT2D eigenvalue weighted by atomic mass is 10.1. The molecule has 1 aromatic heterocycles. The van der Waals surface area contributed by atoms with E-state index in [4.69, 9.17) is 10.3 Å². The van der Waals surface area contributed by atoms with E-state index in [2.05, 4.69) is 26.1 Å². The molecule has 0 aliphatic carbocycles. The summed E-state index contributed by atoms with van der Waals surface area (Å²) >= 11 is 3.33. The van der Waals surface area contributed by atoms with Crippen LogP contribution in [0, 0.1) is 5.82 Å². The molecule has 0 bridgehead atoms. The molecular weight excluding hydrogens is 301 g/mol. The Morgan fingerprint density at radius 1 is 1.50 bits per heavy atom. The molecule has 1 unspecified atom stereocenters. The van der Waals surface area contributed by atoms with Crippen molar-refractivity contribution in [1.29, 1.82) is 0 Å². The van der Waals surface area contributed by atoms with Gasteiger partial charge in [0.25, 0.3) is 0 Å². The normalized spacial score (nSPS) is 12.7. The van der Waals surface area contributed by atoms with E-state index in [1.807, 2.05) is 6.92 Å². The van der Waals surface area contributed by atoms with Crippen LogP contribution in [-0.2, 0) is 0 Å². The Kier molecular flexibility index (Phi) is 4.08. The second-order valence-corrected chi connectivity index (χ2v) is 4.78. The Hall–Kier alpha value is -1.27. The minimum Gasteiger partial charge on any atom is -0.339 e. The van der Waals surface area contributed by atoms with E-state index in [-0.39, 0.29) is 11.7 Å². The highest BCUT2D eigenvalue weighted by molar-refractivity contribution is 9.10. The van der Waals surface area contributed by atoms with E-state index < -0.39 is 0 Å². The highest BCUT2D eigenvalue weighted by Crippen LogP contribution is 2.28. The minimum absolute atomic E-state index is 0.0404. The van der Waals surface area contributed by atoms with Gasteiger partial charge in [0, 0.05) is 16.6 Å². The van der Waals surface area contributed by atoms with Gasteiger partial charge in [-0.2, -0.15) is 4.98 Å². The van der Waals surface area contributed by atoms with Gasteiger partial charge in [-0.05, 0) is 24.6 Å². The van der Waals surface area contributed by atoms with Gasteiger partial charge in [0.1, 0.15) is 5.82 Å². The molecule has 6 heteroatoms. The molecule has 1 aromatic carbocycles. The maximum absolute atomic E-state index is 13.2. The average molecular weight is 314 g/mol. The van der Waals surface area contributed by atoms with Crippen molar-refractivity contribution in [2.24, 2.45) is 5.73 Å². The number of nitrogens with zero attached hydrogens (tertiary/aromatic N) is 2. The summed E-state index contributed by atoms with van der Waals surface area (Å²) in [5, 5.41) is 3.87. The maximum atomic E-state index is 13.2. The molecule has 1 atom stereocenters. The third-order valence-corrected chi connectivity index (χ3v) is 3.43. The van der Waals surface area contributed by atoms with Crippen molar-refractivity contribution in [2.75, 3.05) is 6.54 Å². The number of rotatable bonds is 4. The van der Waals surface area contributed by atoms with Crippen LogP contribution in [0.4, 0.5) is 4.39 Å². The summed E-state index contributed by atoms with van der Waals surface area (Å²) in [6, 6.07) is 4.34. The smallest absolute Gasteiger partial charge is 0.231 e. The molecule has 0 aliphatic heterocycles. The standard InChI is InChI=1S/C12H13BrFN3O/c1-2-7(6-15)12-16-11(17-18-12)9-5-8(14)3-4-10(9)13/h3-5,7H,2,6,15H2,1H3. The van der Waals surface area contributed by atoms with Crippen molar-refractivity contribution >= 4 is 15.9 Å². The fourth-order valence-corrected chi connectivity index (χ4v) is 2.05. The van der Waals surface area contributed by atoms with E-state index in [1.54, 1.807) is 6.07 Å².